The Bertz CT molecular complexity index is 1010. The topological polar surface area (TPSA) is 87.7 Å². The maximum absolute atomic E-state index is 12.7. The number of hydrogen-bond donors (Lipinski definition) is 2. The van der Waals surface area contributed by atoms with Crippen LogP contribution in [0.2, 0.25) is 0 Å². The van der Waals surface area contributed by atoms with E-state index in [1.54, 1.807) is 48.5 Å². The van der Waals surface area contributed by atoms with Crippen molar-refractivity contribution >= 4 is 21.6 Å². The standard InChI is InChI=1S/C22H27N3O4S/c1-15-21(16-10-12-25(15)13-11-16)23-22(26)17-6-8-19(9-7-17)29-20-5-3-4-18(14-20)24-30(2,27)28/h3-9,14-16,21,24H,10-13H2,1-2H3,(H,23,26). The molecule has 3 heterocycles. The van der Waals surface area contributed by atoms with Crippen LogP contribution in [0, 0.1) is 5.92 Å². The summed E-state index contributed by atoms with van der Waals surface area (Å²) in [5.41, 5.74) is 1.02. The first kappa shape index (κ1) is 20.7. The summed E-state index contributed by atoms with van der Waals surface area (Å²) in [7, 11) is -3.35. The highest BCUT2D eigenvalue weighted by Gasteiger charge is 2.40. The van der Waals surface area contributed by atoms with Crippen LogP contribution in [0.25, 0.3) is 0 Å². The number of rotatable bonds is 6. The van der Waals surface area contributed by atoms with Crippen molar-refractivity contribution in [2.45, 2.75) is 31.8 Å². The molecule has 2 aromatic rings. The van der Waals surface area contributed by atoms with Gasteiger partial charge in [0, 0.05) is 23.7 Å². The summed E-state index contributed by atoms with van der Waals surface area (Å²) in [5.74, 6) is 1.57. The molecule has 1 amide bonds. The Labute approximate surface area is 177 Å². The zero-order valence-electron chi connectivity index (χ0n) is 17.2. The van der Waals surface area contributed by atoms with Gasteiger partial charge in [0.1, 0.15) is 11.5 Å². The Hall–Kier alpha value is -2.58. The molecule has 0 aliphatic carbocycles. The van der Waals surface area contributed by atoms with E-state index in [2.05, 4.69) is 21.9 Å². The van der Waals surface area contributed by atoms with Crippen LogP contribution in [-0.2, 0) is 10.0 Å². The van der Waals surface area contributed by atoms with Crippen LogP contribution >= 0.6 is 0 Å². The van der Waals surface area contributed by atoms with Crippen molar-refractivity contribution < 1.29 is 17.9 Å². The van der Waals surface area contributed by atoms with E-state index < -0.39 is 10.0 Å². The van der Waals surface area contributed by atoms with E-state index in [-0.39, 0.29) is 11.9 Å². The summed E-state index contributed by atoms with van der Waals surface area (Å²) in [6.45, 7) is 4.45. The number of benzene rings is 2. The number of fused-ring (bicyclic) bond motifs is 3. The number of nitrogens with one attached hydrogen (secondary N) is 2. The van der Waals surface area contributed by atoms with Gasteiger partial charge in [-0.25, -0.2) is 8.42 Å². The Balaban J connectivity index is 1.39. The number of hydrogen-bond acceptors (Lipinski definition) is 5. The van der Waals surface area contributed by atoms with Gasteiger partial charge in [-0.2, -0.15) is 0 Å². The molecule has 0 radical (unpaired) electrons. The molecule has 30 heavy (non-hydrogen) atoms. The summed E-state index contributed by atoms with van der Waals surface area (Å²) in [6.07, 6.45) is 3.39. The molecule has 2 unspecified atom stereocenters. The lowest BCUT2D eigenvalue weighted by molar-refractivity contribution is 0.0217. The molecule has 2 atom stereocenters. The second-order valence-corrected chi connectivity index (χ2v) is 9.89. The summed E-state index contributed by atoms with van der Waals surface area (Å²) >= 11 is 0. The first-order valence-electron chi connectivity index (χ1n) is 10.2. The molecule has 2 bridgehead atoms. The summed E-state index contributed by atoms with van der Waals surface area (Å²) in [6, 6.07) is 14.2. The largest absolute Gasteiger partial charge is 0.457 e. The van der Waals surface area contributed by atoms with E-state index >= 15 is 0 Å². The second-order valence-electron chi connectivity index (χ2n) is 8.14. The molecule has 160 valence electrons. The molecule has 7 nitrogen and oxygen atoms in total. The maximum Gasteiger partial charge on any atom is 0.251 e. The third kappa shape index (κ3) is 4.76. The van der Waals surface area contributed by atoms with Gasteiger partial charge in [-0.1, -0.05) is 6.07 Å². The fourth-order valence-corrected chi connectivity index (χ4v) is 4.98. The highest BCUT2D eigenvalue weighted by molar-refractivity contribution is 7.92. The fraction of sp³-hybridized carbons (Fsp3) is 0.409. The molecule has 5 rings (SSSR count). The van der Waals surface area contributed by atoms with Gasteiger partial charge in [0.05, 0.1) is 11.9 Å². The van der Waals surface area contributed by atoms with Crippen LogP contribution in [-0.4, -0.2) is 50.7 Å². The van der Waals surface area contributed by atoms with Crippen molar-refractivity contribution in [3.05, 3.63) is 54.1 Å². The molecule has 3 saturated heterocycles. The summed E-state index contributed by atoms with van der Waals surface area (Å²) in [4.78, 5) is 15.2. The lowest BCUT2D eigenvalue weighted by Gasteiger charge is -2.49. The Morgan fingerprint density at radius 3 is 2.40 bits per heavy atom. The predicted molar refractivity (Wildman–Crippen MR) is 116 cm³/mol. The van der Waals surface area contributed by atoms with E-state index in [9.17, 15) is 13.2 Å². The molecule has 0 spiro atoms. The van der Waals surface area contributed by atoms with Gasteiger partial charge < -0.3 is 10.1 Å². The number of carbonyl (C=O) groups excluding carboxylic acids is 1. The van der Waals surface area contributed by atoms with Gasteiger partial charge >= 0.3 is 0 Å². The van der Waals surface area contributed by atoms with E-state index in [4.69, 9.17) is 4.74 Å². The lowest BCUT2D eigenvalue weighted by atomic mass is 9.79. The molecule has 3 aliphatic heterocycles. The van der Waals surface area contributed by atoms with Crippen LogP contribution in [0.4, 0.5) is 5.69 Å². The van der Waals surface area contributed by atoms with Crippen molar-refractivity contribution in [2.75, 3.05) is 24.1 Å². The molecule has 3 aliphatic rings. The Morgan fingerprint density at radius 1 is 1.07 bits per heavy atom. The van der Waals surface area contributed by atoms with Crippen LogP contribution in [0.3, 0.4) is 0 Å². The molecule has 0 saturated carbocycles. The SMILES string of the molecule is CC1C(NC(=O)c2ccc(Oc3cccc(NS(C)(=O)=O)c3)cc2)C2CCN1CC2. The van der Waals surface area contributed by atoms with Gasteiger partial charge in [-0.15, -0.1) is 0 Å². The zero-order chi connectivity index (χ0) is 21.3. The maximum atomic E-state index is 12.7. The number of piperidine rings is 3. The normalized spacial score (nSPS) is 25.5. The van der Waals surface area contributed by atoms with Crippen molar-refractivity contribution in [1.82, 2.24) is 10.2 Å². The molecule has 0 aromatic heterocycles. The average molecular weight is 430 g/mol. The van der Waals surface area contributed by atoms with Crippen LogP contribution < -0.4 is 14.8 Å². The van der Waals surface area contributed by atoms with Crippen molar-refractivity contribution in [2.24, 2.45) is 5.92 Å². The highest BCUT2D eigenvalue weighted by atomic mass is 32.2. The van der Waals surface area contributed by atoms with Crippen LogP contribution in [0.1, 0.15) is 30.1 Å². The number of anilines is 1. The fourth-order valence-electron chi connectivity index (χ4n) is 4.43. The van der Waals surface area contributed by atoms with E-state index in [0.717, 1.165) is 32.2 Å². The molecular formula is C22H27N3O4S. The van der Waals surface area contributed by atoms with Crippen molar-refractivity contribution in [3.63, 3.8) is 0 Å². The first-order chi connectivity index (χ1) is 14.3. The quantitative estimate of drug-likeness (QED) is 0.737. The van der Waals surface area contributed by atoms with Gasteiger partial charge in [-0.05, 0) is 75.2 Å². The van der Waals surface area contributed by atoms with Gasteiger partial charge in [-0.3, -0.25) is 14.4 Å². The van der Waals surface area contributed by atoms with Crippen LogP contribution in [0.5, 0.6) is 11.5 Å². The van der Waals surface area contributed by atoms with E-state index in [0.29, 0.717) is 34.7 Å². The predicted octanol–water partition coefficient (Wildman–Crippen LogP) is 3.06. The molecular weight excluding hydrogens is 402 g/mol. The van der Waals surface area contributed by atoms with Gasteiger partial charge in [0.15, 0.2) is 0 Å². The van der Waals surface area contributed by atoms with Crippen molar-refractivity contribution in [1.29, 1.82) is 0 Å². The molecule has 3 fully saturated rings. The van der Waals surface area contributed by atoms with Gasteiger partial charge in [0.25, 0.3) is 5.91 Å². The monoisotopic (exact) mass is 429 g/mol. The first-order valence-corrected chi connectivity index (χ1v) is 12.1. The van der Waals surface area contributed by atoms with Gasteiger partial charge in [0.2, 0.25) is 10.0 Å². The average Bonchev–Trinajstić information content (AvgIpc) is 2.70. The Morgan fingerprint density at radius 2 is 1.77 bits per heavy atom. The lowest BCUT2D eigenvalue weighted by Crippen LogP contribution is -2.62. The van der Waals surface area contributed by atoms with Crippen LogP contribution in [0.15, 0.2) is 48.5 Å². The number of amides is 1. The number of ether oxygens (including phenoxy) is 1. The van der Waals surface area contributed by atoms with E-state index in [1.807, 2.05) is 0 Å². The smallest absolute Gasteiger partial charge is 0.251 e. The third-order valence-electron chi connectivity index (χ3n) is 5.97. The minimum absolute atomic E-state index is 0.0634. The molecule has 8 heteroatoms. The Kier molecular flexibility index (Phi) is 5.71. The number of carbonyl (C=O) groups is 1. The number of nitrogens with zero attached hydrogens (tertiary/aromatic N) is 1. The number of sulfonamides is 1. The molecule has 2 aromatic carbocycles. The summed E-state index contributed by atoms with van der Waals surface area (Å²) < 4.78 is 31.0. The van der Waals surface area contributed by atoms with Crippen molar-refractivity contribution in [3.8, 4) is 11.5 Å². The minimum Gasteiger partial charge on any atom is -0.457 e. The second kappa shape index (κ2) is 8.28. The minimum atomic E-state index is -3.35. The molecule has 2 N–H and O–H groups in total. The summed E-state index contributed by atoms with van der Waals surface area (Å²) in [5, 5.41) is 3.23. The van der Waals surface area contributed by atoms with E-state index in [1.165, 1.54) is 0 Å². The highest BCUT2D eigenvalue weighted by Crippen LogP contribution is 2.32. The zero-order valence-corrected chi connectivity index (χ0v) is 18.0. The third-order valence-corrected chi connectivity index (χ3v) is 6.57.